The Balaban J connectivity index is 2.05. The van der Waals surface area contributed by atoms with Gasteiger partial charge in [0, 0.05) is 12.1 Å². The number of hydrogen-bond donors (Lipinski definition) is 0. The van der Waals surface area contributed by atoms with Crippen LogP contribution in [0.25, 0.3) is 0 Å². The normalized spacial score (nSPS) is 15.4. The van der Waals surface area contributed by atoms with Crippen molar-refractivity contribution in [3.63, 3.8) is 0 Å². The molecule has 1 aliphatic carbocycles. The minimum Gasteiger partial charge on any atom is -0.361 e. The Bertz CT molecular complexity index is 720. The Morgan fingerprint density at radius 3 is 2.65 bits per heavy atom. The molecule has 0 aliphatic heterocycles. The molecule has 0 N–H and O–H groups in total. The number of hydrogen-bond acceptors (Lipinski definition) is 3. The molecular formula is C22H27NO3. The summed E-state index contributed by atoms with van der Waals surface area (Å²) >= 11 is 0. The van der Waals surface area contributed by atoms with Crippen LogP contribution in [0.2, 0.25) is 0 Å². The molecule has 1 unspecified atom stereocenters. The van der Waals surface area contributed by atoms with Gasteiger partial charge in [-0.1, -0.05) is 37.8 Å². The third kappa shape index (κ3) is 6.50. The molecule has 1 aromatic rings. The molecule has 0 heterocycles. The van der Waals surface area contributed by atoms with E-state index in [0.29, 0.717) is 6.61 Å². The van der Waals surface area contributed by atoms with Gasteiger partial charge in [0.15, 0.2) is 0 Å². The molecule has 0 saturated carbocycles. The molecule has 0 saturated heterocycles. The van der Waals surface area contributed by atoms with Gasteiger partial charge in [0.25, 0.3) is 5.69 Å². The summed E-state index contributed by atoms with van der Waals surface area (Å²) in [6.07, 6.45) is 9.30. The number of rotatable bonds is 7. The van der Waals surface area contributed by atoms with Crippen LogP contribution in [-0.4, -0.2) is 11.0 Å². The predicted octanol–water partition coefficient (Wildman–Crippen LogP) is 5.59. The SMILES string of the molecule is C=CC(C)(C)CC(C#CC1=CCCCC1)OCc1ccc([N+](=O)[O-])cc1. The van der Waals surface area contributed by atoms with Gasteiger partial charge in [0.1, 0.15) is 6.10 Å². The Hall–Kier alpha value is -2.38. The molecule has 1 aromatic carbocycles. The summed E-state index contributed by atoms with van der Waals surface area (Å²) in [5, 5.41) is 10.7. The second kappa shape index (κ2) is 9.35. The number of ether oxygens (including phenoxy) is 1. The summed E-state index contributed by atoms with van der Waals surface area (Å²) in [7, 11) is 0. The average molecular weight is 353 g/mol. The van der Waals surface area contributed by atoms with E-state index in [1.807, 2.05) is 6.08 Å². The quantitative estimate of drug-likeness (QED) is 0.278. The number of nitro groups is 1. The molecule has 0 bridgehead atoms. The van der Waals surface area contributed by atoms with Crippen molar-refractivity contribution < 1.29 is 9.66 Å². The summed E-state index contributed by atoms with van der Waals surface area (Å²) in [5.41, 5.74) is 2.12. The lowest BCUT2D eigenvalue weighted by molar-refractivity contribution is -0.384. The lowest BCUT2D eigenvalue weighted by Gasteiger charge is -2.24. The highest BCUT2D eigenvalue weighted by Gasteiger charge is 2.20. The molecule has 0 aromatic heterocycles. The monoisotopic (exact) mass is 353 g/mol. The molecular weight excluding hydrogens is 326 g/mol. The van der Waals surface area contributed by atoms with E-state index >= 15 is 0 Å². The van der Waals surface area contributed by atoms with E-state index in [1.54, 1.807) is 12.1 Å². The van der Waals surface area contributed by atoms with Crippen LogP contribution >= 0.6 is 0 Å². The van der Waals surface area contributed by atoms with Crippen LogP contribution in [0, 0.1) is 27.4 Å². The zero-order valence-corrected chi connectivity index (χ0v) is 15.7. The van der Waals surface area contributed by atoms with Gasteiger partial charge in [-0.05, 0) is 60.8 Å². The molecule has 4 heteroatoms. The van der Waals surface area contributed by atoms with E-state index in [2.05, 4.69) is 38.3 Å². The first-order valence-electron chi connectivity index (χ1n) is 9.09. The fraction of sp³-hybridized carbons (Fsp3) is 0.455. The second-order valence-electron chi connectivity index (χ2n) is 7.36. The van der Waals surface area contributed by atoms with Gasteiger partial charge in [-0.2, -0.15) is 0 Å². The molecule has 0 radical (unpaired) electrons. The fourth-order valence-corrected chi connectivity index (χ4v) is 2.75. The van der Waals surface area contributed by atoms with Crippen molar-refractivity contribution in [1.29, 1.82) is 0 Å². The lowest BCUT2D eigenvalue weighted by atomic mass is 9.87. The summed E-state index contributed by atoms with van der Waals surface area (Å²) in [6.45, 7) is 8.51. The summed E-state index contributed by atoms with van der Waals surface area (Å²) in [6, 6.07) is 6.45. The highest BCUT2D eigenvalue weighted by molar-refractivity contribution is 5.33. The van der Waals surface area contributed by atoms with E-state index in [1.165, 1.54) is 30.5 Å². The fourth-order valence-electron chi connectivity index (χ4n) is 2.75. The van der Waals surface area contributed by atoms with Gasteiger partial charge < -0.3 is 4.74 Å². The van der Waals surface area contributed by atoms with Gasteiger partial charge in [-0.25, -0.2) is 0 Å². The summed E-state index contributed by atoms with van der Waals surface area (Å²) in [5.74, 6) is 6.57. The van der Waals surface area contributed by atoms with Crippen molar-refractivity contribution in [1.82, 2.24) is 0 Å². The predicted molar refractivity (Wildman–Crippen MR) is 105 cm³/mol. The van der Waals surface area contributed by atoms with Gasteiger partial charge in [-0.3, -0.25) is 10.1 Å². The van der Waals surface area contributed by atoms with Crippen LogP contribution in [0.5, 0.6) is 0 Å². The highest BCUT2D eigenvalue weighted by atomic mass is 16.6. The van der Waals surface area contributed by atoms with Crippen molar-refractivity contribution in [2.24, 2.45) is 5.41 Å². The zero-order valence-electron chi connectivity index (χ0n) is 15.7. The van der Waals surface area contributed by atoms with E-state index in [4.69, 9.17) is 4.74 Å². The third-order valence-corrected chi connectivity index (χ3v) is 4.55. The van der Waals surface area contributed by atoms with Crippen LogP contribution in [0.4, 0.5) is 5.69 Å². The summed E-state index contributed by atoms with van der Waals surface area (Å²) in [4.78, 5) is 10.3. The van der Waals surface area contributed by atoms with Crippen LogP contribution in [-0.2, 0) is 11.3 Å². The molecule has 138 valence electrons. The van der Waals surface area contributed by atoms with Crippen molar-refractivity contribution in [2.75, 3.05) is 0 Å². The number of benzene rings is 1. The van der Waals surface area contributed by atoms with Crippen molar-refractivity contribution in [2.45, 2.75) is 58.7 Å². The number of nitro benzene ring substituents is 1. The van der Waals surface area contributed by atoms with Crippen LogP contribution in [0.1, 0.15) is 51.5 Å². The topological polar surface area (TPSA) is 52.4 Å². The molecule has 0 amide bonds. The Morgan fingerprint density at radius 2 is 2.08 bits per heavy atom. The third-order valence-electron chi connectivity index (χ3n) is 4.55. The standard InChI is InChI=1S/C22H27NO3/c1-4-22(2,3)16-21(15-12-18-8-6-5-7-9-18)26-17-19-10-13-20(14-11-19)23(24)25/h4,8,10-11,13-14,21H,1,5-7,9,16-17H2,2-3H3. The molecule has 0 spiro atoms. The first-order valence-corrected chi connectivity index (χ1v) is 9.09. The first kappa shape index (κ1) is 19.9. The Kier molecular flexibility index (Phi) is 7.17. The molecule has 0 fully saturated rings. The van der Waals surface area contributed by atoms with Crippen molar-refractivity contribution in [3.8, 4) is 11.8 Å². The smallest absolute Gasteiger partial charge is 0.269 e. The molecule has 4 nitrogen and oxygen atoms in total. The number of nitrogens with zero attached hydrogens (tertiary/aromatic N) is 1. The van der Waals surface area contributed by atoms with Gasteiger partial charge in [-0.15, -0.1) is 6.58 Å². The number of allylic oxidation sites excluding steroid dienone is 3. The van der Waals surface area contributed by atoms with Crippen molar-refractivity contribution >= 4 is 5.69 Å². The van der Waals surface area contributed by atoms with Gasteiger partial charge in [0.2, 0.25) is 0 Å². The van der Waals surface area contributed by atoms with Crippen LogP contribution in [0.15, 0.2) is 48.6 Å². The average Bonchev–Trinajstić information content (AvgIpc) is 2.65. The largest absolute Gasteiger partial charge is 0.361 e. The minimum absolute atomic E-state index is 0.0736. The Labute approximate surface area is 156 Å². The van der Waals surface area contributed by atoms with E-state index in [-0.39, 0.29) is 17.2 Å². The van der Waals surface area contributed by atoms with Gasteiger partial charge in [0.05, 0.1) is 11.5 Å². The Morgan fingerprint density at radius 1 is 1.35 bits per heavy atom. The molecule has 1 aliphatic rings. The molecule has 1 atom stereocenters. The van der Waals surface area contributed by atoms with Gasteiger partial charge >= 0.3 is 0 Å². The van der Waals surface area contributed by atoms with Crippen molar-refractivity contribution in [3.05, 3.63) is 64.2 Å². The maximum atomic E-state index is 10.7. The zero-order chi connectivity index (χ0) is 19.0. The van der Waals surface area contributed by atoms with E-state index in [0.717, 1.165) is 24.8 Å². The minimum atomic E-state index is -0.399. The van der Waals surface area contributed by atoms with Crippen LogP contribution in [0.3, 0.4) is 0 Å². The number of non-ortho nitro benzene ring substituents is 1. The lowest BCUT2D eigenvalue weighted by Crippen LogP contribution is -2.20. The first-order chi connectivity index (χ1) is 12.4. The molecule has 26 heavy (non-hydrogen) atoms. The van der Waals surface area contributed by atoms with Crippen LogP contribution < -0.4 is 0 Å². The maximum absolute atomic E-state index is 10.7. The van der Waals surface area contributed by atoms with E-state index in [9.17, 15) is 10.1 Å². The molecule has 2 rings (SSSR count). The maximum Gasteiger partial charge on any atom is 0.269 e. The summed E-state index contributed by atoms with van der Waals surface area (Å²) < 4.78 is 6.04. The highest BCUT2D eigenvalue weighted by Crippen LogP contribution is 2.25. The van der Waals surface area contributed by atoms with E-state index < -0.39 is 4.92 Å². The second-order valence-corrected chi connectivity index (χ2v) is 7.36.